The zero-order valence-corrected chi connectivity index (χ0v) is 12.7. The van der Waals surface area contributed by atoms with Crippen molar-refractivity contribution in [2.75, 3.05) is 0 Å². The van der Waals surface area contributed by atoms with Crippen LogP contribution < -0.4 is 5.14 Å². The van der Waals surface area contributed by atoms with Crippen molar-refractivity contribution < 1.29 is 13.2 Å². The van der Waals surface area contributed by atoms with Gasteiger partial charge in [-0.2, -0.15) is 0 Å². The van der Waals surface area contributed by atoms with Crippen molar-refractivity contribution >= 4 is 10.0 Å². The van der Waals surface area contributed by atoms with Crippen molar-refractivity contribution in [3.05, 3.63) is 5.82 Å². The number of hydrogen-bond acceptors (Lipinski definition) is 5. The molecule has 0 amide bonds. The average Bonchev–Trinajstić information content (AvgIpc) is 3.02. The van der Waals surface area contributed by atoms with E-state index in [1.807, 2.05) is 13.8 Å². The molecule has 1 aliphatic carbocycles. The normalized spacial score (nSPS) is 34.6. The van der Waals surface area contributed by atoms with Crippen LogP contribution in [0.1, 0.15) is 51.4 Å². The maximum absolute atomic E-state index is 11.7. The first-order valence-corrected chi connectivity index (χ1v) is 8.48. The van der Waals surface area contributed by atoms with Crippen LogP contribution in [-0.4, -0.2) is 35.4 Å². The molecule has 2 aliphatic rings. The molecule has 0 spiro atoms. The molecule has 0 aromatic carbocycles. The van der Waals surface area contributed by atoms with Crippen LogP contribution in [-0.2, 0) is 14.8 Å². The zero-order chi connectivity index (χ0) is 14.7. The quantitative estimate of drug-likeness (QED) is 0.889. The fraction of sp³-hybridized carbons (Fsp3) is 0.833. The van der Waals surface area contributed by atoms with Gasteiger partial charge >= 0.3 is 0 Å². The summed E-state index contributed by atoms with van der Waals surface area (Å²) >= 11 is 0. The summed E-state index contributed by atoms with van der Waals surface area (Å²) in [6, 6.07) is 0.156. The number of rotatable bonds is 3. The van der Waals surface area contributed by atoms with E-state index in [9.17, 15) is 8.42 Å². The molecule has 4 unspecified atom stereocenters. The van der Waals surface area contributed by atoms with Crippen LogP contribution in [0.2, 0.25) is 0 Å². The van der Waals surface area contributed by atoms with E-state index in [0.29, 0.717) is 5.82 Å². The number of hydrogen-bond donors (Lipinski definition) is 1. The molecule has 1 saturated carbocycles. The van der Waals surface area contributed by atoms with Crippen molar-refractivity contribution in [2.24, 2.45) is 11.1 Å². The predicted octanol–water partition coefficient (Wildman–Crippen LogP) is 0.787. The van der Waals surface area contributed by atoms with Crippen LogP contribution in [0.15, 0.2) is 5.16 Å². The number of nitrogens with zero attached hydrogens (tertiary/aromatic N) is 3. The van der Waals surface area contributed by atoms with Crippen molar-refractivity contribution in [1.82, 2.24) is 14.8 Å². The number of sulfonamides is 1. The van der Waals surface area contributed by atoms with Gasteiger partial charge in [-0.15, -0.1) is 10.2 Å². The van der Waals surface area contributed by atoms with Crippen LogP contribution in [0, 0.1) is 5.92 Å². The van der Waals surface area contributed by atoms with Gasteiger partial charge in [0.15, 0.2) is 0 Å². The van der Waals surface area contributed by atoms with E-state index in [0.717, 1.165) is 12.8 Å². The lowest BCUT2D eigenvalue weighted by molar-refractivity contribution is 0.0551. The molecule has 1 aromatic heterocycles. The van der Waals surface area contributed by atoms with Crippen molar-refractivity contribution in [2.45, 2.75) is 62.9 Å². The molecule has 2 fully saturated rings. The lowest BCUT2D eigenvalue weighted by Crippen LogP contribution is -2.23. The first-order valence-electron chi connectivity index (χ1n) is 6.93. The third kappa shape index (κ3) is 2.15. The van der Waals surface area contributed by atoms with Gasteiger partial charge in [0, 0.05) is 6.04 Å². The van der Waals surface area contributed by atoms with Gasteiger partial charge in [0.05, 0.1) is 18.1 Å². The topological polar surface area (TPSA) is 100 Å². The van der Waals surface area contributed by atoms with E-state index in [-0.39, 0.29) is 35.2 Å². The summed E-state index contributed by atoms with van der Waals surface area (Å²) in [6.45, 7) is 6.12. The first kappa shape index (κ1) is 14.0. The number of aromatic nitrogens is 3. The highest BCUT2D eigenvalue weighted by Crippen LogP contribution is 2.44. The Morgan fingerprint density at radius 2 is 1.85 bits per heavy atom. The van der Waals surface area contributed by atoms with Crippen LogP contribution in [0.4, 0.5) is 0 Å². The van der Waals surface area contributed by atoms with Crippen LogP contribution in [0.3, 0.4) is 0 Å². The molecule has 8 heteroatoms. The van der Waals surface area contributed by atoms with Crippen molar-refractivity contribution in [3.63, 3.8) is 0 Å². The molecule has 0 radical (unpaired) electrons. The summed E-state index contributed by atoms with van der Waals surface area (Å²) in [7, 11) is -3.85. The number of primary sulfonamides is 1. The second-order valence-electron chi connectivity index (χ2n) is 5.92. The standard InChI is InChI=1S/C12H20N4O3S/c1-6-7(2)19-8(3)10(6)11-14-15-12(20(13,17)18)16(11)9-4-5-9/h6-10H,4-5H2,1-3H3,(H2,13,17,18). The van der Waals surface area contributed by atoms with Gasteiger partial charge in [0.1, 0.15) is 5.82 Å². The minimum absolute atomic E-state index is 0.00460. The van der Waals surface area contributed by atoms with Gasteiger partial charge in [-0.1, -0.05) is 6.92 Å². The van der Waals surface area contributed by atoms with E-state index in [4.69, 9.17) is 9.88 Å². The number of nitrogens with two attached hydrogens (primary N) is 1. The van der Waals surface area contributed by atoms with Crippen molar-refractivity contribution in [3.8, 4) is 0 Å². The lowest BCUT2D eigenvalue weighted by Gasteiger charge is -2.19. The highest BCUT2D eigenvalue weighted by molar-refractivity contribution is 7.89. The Bertz CT molecular complexity index is 623. The van der Waals surface area contributed by atoms with Crippen LogP contribution in [0.25, 0.3) is 0 Å². The molecule has 1 saturated heterocycles. The van der Waals surface area contributed by atoms with Gasteiger partial charge in [0.25, 0.3) is 15.2 Å². The Morgan fingerprint density at radius 1 is 1.20 bits per heavy atom. The highest BCUT2D eigenvalue weighted by Gasteiger charge is 2.44. The second-order valence-corrected chi connectivity index (χ2v) is 7.37. The average molecular weight is 300 g/mol. The first-order chi connectivity index (χ1) is 9.30. The van der Waals surface area contributed by atoms with Crippen LogP contribution in [0.5, 0.6) is 0 Å². The van der Waals surface area contributed by atoms with E-state index < -0.39 is 10.0 Å². The molecular formula is C12H20N4O3S. The van der Waals surface area contributed by atoms with Gasteiger partial charge < -0.3 is 4.74 Å². The van der Waals surface area contributed by atoms with Gasteiger partial charge in [-0.3, -0.25) is 4.57 Å². The monoisotopic (exact) mass is 300 g/mol. The maximum atomic E-state index is 11.7. The SMILES string of the molecule is CC1OC(C)C(c2nnc(S(N)(=O)=O)n2C2CC2)C1C. The fourth-order valence-electron chi connectivity index (χ4n) is 3.10. The van der Waals surface area contributed by atoms with E-state index in [1.54, 1.807) is 4.57 Å². The molecule has 112 valence electrons. The Labute approximate surface area is 118 Å². The molecule has 4 atom stereocenters. The molecular weight excluding hydrogens is 280 g/mol. The Kier molecular flexibility index (Phi) is 3.15. The van der Waals surface area contributed by atoms with Crippen LogP contribution >= 0.6 is 0 Å². The van der Waals surface area contributed by atoms with Gasteiger partial charge in [-0.05, 0) is 32.6 Å². The highest BCUT2D eigenvalue weighted by atomic mass is 32.2. The molecule has 0 bridgehead atoms. The summed E-state index contributed by atoms with van der Waals surface area (Å²) in [5.41, 5.74) is 0. The summed E-state index contributed by atoms with van der Waals surface area (Å²) in [6.07, 6.45) is 2.01. The molecule has 7 nitrogen and oxygen atoms in total. The largest absolute Gasteiger partial charge is 0.374 e. The summed E-state index contributed by atoms with van der Waals surface area (Å²) in [5, 5.41) is 13.1. The van der Waals surface area contributed by atoms with E-state index in [2.05, 4.69) is 17.1 Å². The van der Waals surface area contributed by atoms with Gasteiger partial charge in [-0.25, -0.2) is 13.6 Å². The van der Waals surface area contributed by atoms with E-state index in [1.165, 1.54) is 0 Å². The summed E-state index contributed by atoms with van der Waals surface area (Å²) < 4.78 is 30.9. The molecule has 1 aliphatic heterocycles. The summed E-state index contributed by atoms with van der Waals surface area (Å²) in [4.78, 5) is 0. The lowest BCUT2D eigenvalue weighted by atomic mass is 9.89. The maximum Gasteiger partial charge on any atom is 0.273 e. The second kappa shape index (κ2) is 4.51. The molecule has 3 rings (SSSR count). The predicted molar refractivity (Wildman–Crippen MR) is 71.6 cm³/mol. The molecule has 20 heavy (non-hydrogen) atoms. The third-order valence-corrected chi connectivity index (χ3v) is 5.18. The zero-order valence-electron chi connectivity index (χ0n) is 11.9. The smallest absolute Gasteiger partial charge is 0.273 e. The minimum Gasteiger partial charge on any atom is -0.374 e. The Morgan fingerprint density at radius 3 is 2.30 bits per heavy atom. The third-order valence-electron chi connectivity index (χ3n) is 4.40. The molecule has 2 N–H and O–H groups in total. The van der Waals surface area contributed by atoms with Crippen molar-refractivity contribution in [1.29, 1.82) is 0 Å². The minimum atomic E-state index is -3.85. The Balaban J connectivity index is 2.09. The summed E-state index contributed by atoms with van der Waals surface area (Å²) in [5.74, 6) is 1.01. The van der Waals surface area contributed by atoms with E-state index >= 15 is 0 Å². The van der Waals surface area contributed by atoms with Gasteiger partial charge in [0.2, 0.25) is 0 Å². The Hall–Kier alpha value is -0.990. The molecule has 1 aromatic rings. The number of ether oxygens (including phenoxy) is 1. The molecule has 2 heterocycles. The fourth-order valence-corrected chi connectivity index (χ4v) is 3.77.